The van der Waals surface area contributed by atoms with E-state index in [0.29, 0.717) is 23.6 Å². The summed E-state index contributed by atoms with van der Waals surface area (Å²) < 4.78 is 0. The second-order valence-corrected chi connectivity index (χ2v) is 6.17. The van der Waals surface area contributed by atoms with Crippen molar-refractivity contribution in [2.75, 3.05) is 5.32 Å². The number of carbonyl (C=O) groups is 1. The Labute approximate surface area is 156 Å². The molecule has 7 nitrogen and oxygen atoms in total. The van der Waals surface area contributed by atoms with E-state index in [4.69, 9.17) is 0 Å². The summed E-state index contributed by atoms with van der Waals surface area (Å²) >= 11 is 0. The van der Waals surface area contributed by atoms with Crippen molar-refractivity contribution in [3.05, 3.63) is 87.4 Å². The molecule has 0 aliphatic rings. The van der Waals surface area contributed by atoms with Crippen LogP contribution in [-0.4, -0.2) is 20.9 Å². The van der Waals surface area contributed by atoms with E-state index >= 15 is 0 Å². The Morgan fingerprint density at radius 1 is 1.11 bits per heavy atom. The van der Waals surface area contributed by atoms with E-state index in [0.717, 1.165) is 16.9 Å². The van der Waals surface area contributed by atoms with Crippen LogP contribution < -0.4 is 16.2 Å². The van der Waals surface area contributed by atoms with Crippen LogP contribution in [-0.2, 0) is 13.1 Å². The molecule has 0 spiro atoms. The molecule has 1 amide bonds. The number of nitrogens with zero attached hydrogens (tertiary/aromatic N) is 2. The summed E-state index contributed by atoms with van der Waals surface area (Å²) in [5.74, 6) is 0.202. The minimum atomic E-state index is -0.233. The molecule has 0 fully saturated rings. The molecule has 138 valence electrons. The van der Waals surface area contributed by atoms with Crippen molar-refractivity contribution >= 4 is 11.6 Å². The number of amides is 1. The van der Waals surface area contributed by atoms with Crippen LogP contribution in [0.1, 0.15) is 33.1 Å². The lowest BCUT2D eigenvalue weighted by atomic mass is 10.1. The van der Waals surface area contributed by atoms with Crippen molar-refractivity contribution in [2.24, 2.45) is 0 Å². The Balaban J connectivity index is 1.68. The maximum Gasteiger partial charge on any atom is 0.251 e. The van der Waals surface area contributed by atoms with Gasteiger partial charge in [-0.25, -0.2) is 4.98 Å². The largest absolute Gasteiger partial charge is 0.379 e. The molecule has 0 aliphatic carbocycles. The first-order valence-corrected chi connectivity index (χ1v) is 8.61. The SMILES string of the molecule is Cc1cc(=O)[nH]c(CNC(=O)c2cccc(NCc3ccccn3)c2C)n1. The average Bonchev–Trinajstić information content (AvgIpc) is 2.65. The number of hydrogen-bond acceptors (Lipinski definition) is 5. The van der Waals surface area contributed by atoms with Crippen molar-refractivity contribution in [3.63, 3.8) is 0 Å². The number of anilines is 1. The molecule has 0 unspecified atom stereocenters. The number of nitrogens with one attached hydrogen (secondary N) is 3. The topological polar surface area (TPSA) is 99.8 Å². The molecule has 7 heteroatoms. The molecule has 0 saturated carbocycles. The van der Waals surface area contributed by atoms with Crippen molar-refractivity contribution in [2.45, 2.75) is 26.9 Å². The van der Waals surface area contributed by atoms with E-state index in [9.17, 15) is 9.59 Å². The standard InChI is InChI=1S/C20H21N5O2/c1-13-10-19(26)25-18(24-13)12-23-20(27)16-7-5-8-17(14(16)2)22-11-15-6-3-4-9-21-15/h3-10,22H,11-12H2,1-2H3,(H,23,27)(H,24,25,26). The predicted octanol–water partition coefficient (Wildman–Crippen LogP) is 2.32. The molecule has 2 aromatic heterocycles. The normalized spacial score (nSPS) is 10.4. The molecule has 0 bridgehead atoms. The van der Waals surface area contributed by atoms with Gasteiger partial charge in [0.25, 0.3) is 11.5 Å². The van der Waals surface area contributed by atoms with Gasteiger partial charge in [0.2, 0.25) is 0 Å². The Morgan fingerprint density at radius 3 is 2.70 bits per heavy atom. The average molecular weight is 363 g/mol. The molecule has 2 heterocycles. The molecule has 0 saturated heterocycles. The highest BCUT2D eigenvalue weighted by Crippen LogP contribution is 2.19. The Kier molecular flexibility index (Phi) is 5.61. The molecule has 1 aromatic carbocycles. The first kappa shape index (κ1) is 18.3. The van der Waals surface area contributed by atoms with Gasteiger partial charge in [0.05, 0.1) is 18.8 Å². The fourth-order valence-electron chi connectivity index (χ4n) is 2.75. The lowest BCUT2D eigenvalue weighted by molar-refractivity contribution is 0.0949. The summed E-state index contributed by atoms with van der Waals surface area (Å²) in [7, 11) is 0. The van der Waals surface area contributed by atoms with E-state index in [2.05, 4.69) is 25.6 Å². The van der Waals surface area contributed by atoms with Crippen molar-refractivity contribution < 1.29 is 4.79 Å². The van der Waals surface area contributed by atoms with Gasteiger partial charge >= 0.3 is 0 Å². The smallest absolute Gasteiger partial charge is 0.251 e. The van der Waals surface area contributed by atoms with Crippen molar-refractivity contribution in [1.29, 1.82) is 0 Å². The summed E-state index contributed by atoms with van der Waals surface area (Å²) in [6.45, 7) is 4.35. The lowest BCUT2D eigenvalue weighted by Gasteiger charge is -2.13. The first-order chi connectivity index (χ1) is 13.0. The number of aromatic nitrogens is 3. The zero-order chi connectivity index (χ0) is 19.2. The third-order valence-corrected chi connectivity index (χ3v) is 4.10. The fourth-order valence-corrected chi connectivity index (χ4v) is 2.75. The van der Waals surface area contributed by atoms with Gasteiger partial charge in [0.1, 0.15) is 5.82 Å². The fraction of sp³-hybridized carbons (Fsp3) is 0.200. The van der Waals surface area contributed by atoms with E-state index in [1.165, 1.54) is 6.07 Å². The van der Waals surface area contributed by atoms with Crippen LogP contribution in [0.3, 0.4) is 0 Å². The molecule has 0 atom stereocenters. The third kappa shape index (κ3) is 4.78. The summed E-state index contributed by atoms with van der Waals surface area (Å²) in [6, 6.07) is 12.7. The molecule has 3 rings (SSSR count). The third-order valence-electron chi connectivity index (χ3n) is 4.10. The highest BCUT2D eigenvalue weighted by atomic mass is 16.1. The van der Waals surface area contributed by atoms with E-state index < -0.39 is 0 Å². The Hall–Kier alpha value is -3.48. The van der Waals surface area contributed by atoms with Crippen LogP contribution in [0.25, 0.3) is 0 Å². The van der Waals surface area contributed by atoms with Crippen molar-refractivity contribution in [3.8, 4) is 0 Å². The summed E-state index contributed by atoms with van der Waals surface area (Å²) in [5, 5.41) is 6.11. The van der Waals surface area contributed by atoms with Gasteiger partial charge < -0.3 is 15.6 Å². The van der Waals surface area contributed by atoms with E-state index in [1.54, 1.807) is 19.2 Å². The molecule has 3 aromatic rings. The van der Waals surface area contributed by atoms with Crippen LogP contribution in [0.15, 0.2) is 53.5 Å². The van der Waals surface area contributed by atoms with Crippen LogP contribution in [0, 0.1) is 13.8 Å². The summed E-state index contributed by atoms with van der Waals surface area (Å²) in [4.78, 5) is 35.2. The first-order valence-electron chi connectivity index (χ1n) is 8.61. The molecule has 0 aliphatic heterocycles. The van der Waals surface area contributed by atoms with Gasteiger partial charge in [0, 0.05) is 29.2 Å². The van der Waals surface area contributed by atoms with Gasteiger partial charge in [-0.2, -0.15) is 0 Å². The Morgan fingerprint density at radius 2 is 1.96 bits per heavy atom. The minimum absolute atomic E-state index is 0.154. The second kappa shape index (κ2) is 8.27. The number of hydrogen-bond donors (Lipinski definition) is 3. The Bertz CT molecular complexity index is 999. The van der Waals surface area contributed by atoms with Crippen LogP contribution >= 0.6 is 0 Å². The lowest BCUT2D eigenvalue weighted by Crippen LogP contribution is -2.26. The van der Waals surface area contributed by atoms with E-state index in [-0.39, 0.29) is 18.0 Å². The van der Waals surface area contributed by atoms with Gasteiger partial charge in [-0.1, -0.05) is 12.1 Å². The molecule has 0 radical (unpaired) electrons. The number of aryl methyl sites for hydroxylation is 1. The van der Waals surface area contributed by atoms with Crippen LogP contribution in [0.4, 0.5) is 5.69 Å². The highest BCUT2D eigenvalue weighted by molar-refractivity contribution is 5.96. The molecule has 27 heavy (non-hydrogen) atoms. The number of pyridine rings is 1. The minimum Gasteiger partial charge on any atom is -0.379 e. The maximum absolute atomic E-state index is 12.6. The number of H-pyrrole nitrogens is 1. The van der Waals surface area contributed by atoms with E-state index in [1.807, 2.05) is 37.3 Å². The highest BCUT2D eigenvalue weighted by Gasteiger charge is 2.12. The maximum atomic E-state index is 12.6. The van der Waals surface area contributed by atoms with Gasteiger partial charge in [-0.05, 0) is 43.7 Å². The second-order valence-electron chi connectivity index (χ2n) is 6.17. The number of benzene rings is 1. The zero-order valence-corrected chi connectivity index (χ0v) is 15.2. The molecular formula is C20H21N5O2. The van der Waals surface area contributed by atoms with Gasteiger partial charge in [0.15, 0.2) is 0 Å². The van der Waals surface area contributed by atoms with Crippen molar-refractivity contribution in [1.82, 2.24) is 20.3 Å². The van der Waals surface area contributed by atoms with Crippen LogP contribution in [0.5, 0.6) is 0 Å². The number of aromatic amines is 1. The predicted molar refractivity (Wildman–Crippen MR) is 104 cm³/mol. The van der Waals surface area contributed by atoms with Gasteiger partial charge in [-0.3, -0.25) is 14.6 Å². The summed E-state index contributed by atoms with van der Waals surface area (Å²) in [5.41, 5.74) is 3.58. The van der Waals surface area contributed by atoms with Crippen LogP contribution in [0.2, 0.25) is 0 Å². The molecule has 3 N–H and O–H groups in total. The number of rotatable bonds is 6. The van der Waals surface area contributed by atoms with Gasteiger partial charge in [-0.15, -0.1) is 0 Å². The zero-order valence-electron chi connectivity index (χ0n) is 15.2. The number of carbonyl (C=O) groups excluding carboxylic acids is 1. The quantitative estimate of drug-likeness (QED) is 0.624. The summed E-state index contributed by atoms with van der Waals surface area (Å²) in [6.07, 6.45) is 1.75. The monoisotopic (exact) mass is 363 g/mol. The molecular weight excluding hydrogens is 342 g/mol.